The maximum atomic E-state index is 12.3. The van der Waals surface area contributed by atoms with E-state index >= 15 is 0 Å². The number of aliphatic hydroxyl groups excluding tert-OH is 1. The van der Waals surface area contributed by atoms with E-state index in [1.807, 2.05) is 52.0 Å². The number of aliphatic hydroxyl groups is 1. The van der Waals surface area contributed by atoms with Gasteiger partial charge >= 0.3 is 0 Å². The van der Waals surface area contributed by atoms with Crippen molar-refractivity contribution in [1.82, 2.24) is 5.32 Å². The summed E-state index contributed by atoms with van der Waals surface area (Å²) in [6.45, 7) is 7.89. The third-order valence-corrected chi connectivity index (χ3v) is 4.04. The van der Waals surface area contributed by atoms with Gasteiger partial charge in [-0.05, 0) is 29.9 Å². The minimum Gasteiger partial charge on any atom is -0.496 e. The summed E-state index contributed by atoms with van der Waals surface area (Å²) >= 11 is 0. The largest absolute Gasteiger partial charge is 0.496 e. The smallest absolute Gasteiger partial charge is 0.220 e. The van der Waals surface area contributed by atoms with Crippen LogP contribution in [0.3, 0.4) is 0 Å². The number of benzene rings is 1. The zero-order chi connectivity index (χ0) is 16.7. The molecule has 0 bridgehead atoms. The summed E-state index contributed by atoms with van der Waals surface area (Å²) in [5.41, 5.74) is 1.03. The first-order valence-corrected chi connectivity index (χ1v) is 8.01. The lowest BCUT2D eigenvalue weighted by molar-refractivity contribution is -0.123. The highest BCUT2D eigenvalue weighted by molar-refractivity contribution is 5.77. The lowest BCUT2D eigenvalue weighted by atomic mass is 9.94. The summed E-state index contributed by atoms with van der Waals surface area (Å²) in [5, 5.41) is 13.1. The fraction of sp³-hybridized carbons (Fsp3) is 0.611. The maximum Gasteiger partial charge on any atom is 0.220 e. The molecule has 1 aromatic carbocycles. The first kappa shape index (κ1) is 18.5. The summed E-state index contributed by atoms with van der Waals surface area (Å²) in [4.78, 5) is 12.3. The molecule has 0 radical (unpaired) electrons. The highest BCUT2D eigenvalue weighted by atomic mass is 16.5. The zero-order valence-corrected chi connectivity index (χ0v) is 14.3. The SMILES string of the molecule is CC[C@H](NC(=O)C[C@H](C)c1ccccc1OC)[C@@H](O)C(C)C. The van der Waals surface area contributed by atoms with Gasteiger partial charge in [0, 0.05) is 6.42 Å². The van der Waals surface area contributed by atoms with Crippen molar-refractivity contribution in [2.24, 2.45) is 5.92 Å². The minimum absolute atomic E-state index is 0.0371. The summed E-state index contributed by atoms with van der Waals surface area (Å²) in [7, 11) is 1.64. The van der Waals surface area contributed by atoms with Gasteiger partial charge in [-0.2, -0.15) is 0 Å². The van der Waals surface area contributed by atoms with Gasteiger partial charge < -0.3 is 15.2 Å². The molecule has 0 saturated carbocycles. The molecular weight excluding hydrogens is 278 g/mol. The monoisotopic (exact) mass is 307 g/mol. The number of hydrogen-bond donors (Lipinski definition) is 2. The second-order valence-electron chi connectivity index (χ2n) is 6.16. The molecule has 0 heterocycles. The van der Waals surface area contributed by atoms with Crippen LogP contribution in [0.4, 0.5) is 0 Å². The molecule has 4 heteroatoms. The van der Waals surface area contributed by atoms with E-state index < -0.39 is 6.10 Å². The quantitative estimate of drug-likeness (QED) is 0.776. The molecule has 0 aliphatic carbocycles. The van der Waals surface area contributed by atoms with Crippen LogP contribution < -0.4 is 10.1 Å². The Balaban J connectivity index is 2.67. The van der Waals surface area contributed by atoms with Crippen LogP contribution in [0.15, 0.2) is 24.3 Å². The Labute approximate surface area is 133 Å². The molecule has 0 aliphatic heterocycles. The van der Waals surface area contributed by atoms with E-state index in [9.17, 15) is 9.90 Å². The molecule has 0 saturated heterocycles. The van der Waals surface area contributed by atoms with Crippen molar-refractivity contribution in [1.29, 1.82) is 0 Å². The van der Waals surface area contributed by atoms with Gasteiger partial charge in [0.15, 0.2) is 0 Å². The van der Waals surface area contributed by atoms with Crippen molar-refractivity contribution < 1.29 is 14.6 Å². The average Bonchev–Trinajstić information content (AvgIpc) is 2.51. The van der Waals surface area contributed by atoms with E-state index in [1.165, 1.54) is 0 Å². The number of ether oxygens (including phenoxy) is 1. The van der Waals surface area contributed by atoms with Crippen molar-refractivity contribution in [2.75, 3.05) is 7.11 Å². The number of carbonyl (C=O) groups excluding carboxylic acids is 1. The highest BCUT2D eigenvalue weighted by Crippen LogP contribution is 2.28. The second-order valence-corrected chi connectivity index (χ2v) is 6.16. The van der Waals surface area contributed by atoms with Gasteiger partial charge in [0.1, 0.15) is 5.75 Å². The predicted molar refractivity (Wildman–Crippen MR) is 89.1 cm³/mol. The first-order valence-electron chi connectivity index (χ1n) is 8.01. The fourth-order valence-electron chi connectivity index (χ4n) is 2.62. The molecule has 0 spiro atoms. The van der Waals surface area contributed by atoms with E-state index in [2.05, 4.69) is 5.32 Å². The number of hydrogen-bond acceptors (Lipinski definition) is 3. The second kappa shape index (κ2) is 8.79. The van der Waals surface area contributed by atoms with Crippen molar-refractivity contribution in [3.8, 4) is 5.75 Å². The molecule has 0 aromatic heterocycles. The predicted octanol–water partition coefficient (Wildman–Crippen LogP) is 3.10. The van der Waals surface area contributed by atoms with Crippen molar-refractivity contribution in [3.05, 3.63) is 29.8 Å². The number of amides is 1. The van der Waals surface area contributed by atoms with Gasteiger partial charge in [0.05, 0.1) is 19.3 Å². The van der Waals surface area contributed by atoms with Crippen LogP contribution >= 0.6 is 0 Å². The Kier molecular flexibility index (Phi) is 7.39. The molecule has 0 unspecified atom stereocenters. The highest BCUT2D eigenvalue weighted by Gasteiger charge is 2.23. The van der Waals surface area contributed by atoms with Crippen LogP contribution in [0.25, 0.3) is 0 Å². The molecule has 1 aromatic rings. The normalized spacial score (nSPS) is 15.2. The maximum absolute atomic E-state index is 12.3. The van der Waals surface area contributed by atoms with Crippen LogP contribution in [0.2, 0.25) is 0 Å². The van der Waals surface area contributed by atoms with Crippen molar-refractivity contribution in [2.45, 2.75) is 58.6 Å². The van der Waals surface area contributed by atoms with Crippen LogP contribution in [0.5, 0.6) is 5.75 Å². The molecule has 0 fully saturated rings. The lowest BCUT2D eigenvalue weighted by Crippen LogP contribution is -2.45. The molecule has 2 N–H and O–H groups in total. The van der Waals surface area contributed by atoms with E-state index in [0.29, 0.717) is 12.8 Å². The van der Waals surface area contributed by atoms with Crippen LogP contribution in [0.1, 0.15) is 52.0 Å². The topological polar surface area (TPSA) is 58.6 Å². The number of carbonyl (C=O) groups is 1. The number of rotatable bonds is 8. The fourth-order valence-corrected chi connectivity index (χ4v) is 2.62. The Bertz CT molecular complexity index is 473. The van der Waals surface area contributed by atoms with E-state index in [-0.39, 0.29) is 23.8 Å². The van der Waals surface area contributed by atoms with Crippen LogP contribution in [-0.4, -0.2) is 30.3 Å². The lowest BCUT2D eigenvalue weighted by Gasteiger charge is -2.26. The third-order valence-electron chi connectivity index (χ3n) is 4.04. The van der Waals surface area contributed by atoms with Crippen LogP contribution in [0, 0.1) is 5.92 Å². The Hall–Kier alpha value is -1.55. The molecule has 1 rings (SSSR count). The molecule has 1 amide bonds. The molecular formula is C18H29NO3. The Morgan fingerprint density at radius 3 is 2.45 bits per heavy atom. The van der Waals surface area contributed by atoms with Crippen LogP contribution in [-0.2, 0) is 4.79 Å². The summed E-state index contributed by atoms with van der Waals surface area (Å²) < 4.78 is 5.35. The van der Waals surface area contributed by atoms with Gasteiger partial charge in [-0.15, -0.1) is 0 Å². The van der Waals surface area contributed by atoms with Gasteiger partial charge in [-0.25, -0.2) is 0 Å². The van der Waals surface area contributed by atoms with Crippen molar-refractivity contribution >= 4 is 5.91 Å². The van der Waals surface area contributed by atoms with Gasteiger partial charge in [-0.1, -0.05) is 45.9 Å². The number of para-hydroxylation sites is 1. The van der Waals surface area contributed by atoms with E-state index in [4.69, 9.17) is 4.74 Å². The third kappa shape index (κ3) is 5.02. The molecule has 0 aliphatic rings. The Morgan fingerprint density at radius 2 is 1.91 bits per heavy atom. The first-order chi connectivity index (χ1) is 10.4. The Morgan fingerprint density at radius 1 is 1.27 bits per heavy atom. The summed E-state index contributed by atoms with van der Waals surface area (Å²) in [5.74, 6) is 0.948. The standard InChI is InChI=1S/C18H29NO3/c1-6-15(18(21)12(2)3)19-17(20)11-13(4)14-9-7-8-10-16(14)22-5/h7-10,12-13,15,18,21H,6,11H2,1-5H3,(H,19,20)/t13-,15-,18-/m0/s1. The molecule has 4 nitrogen and oxygen atoms in total. The molecule has 3 atom stereocenters. The minimum atomic E-state index is -0.518. The molecule has 22 heavy (non-hydrogen) atoms. The molecule has 124 valence electrons. The van der Waals surface area contributed by atoms with Gasteiger partial charge in [0.25, 0.3) is 0 Å². The average molecular weight is 307 g/mol. The van der Waals surface area contributed by atoms with Crippen molar-refractivity contribution in [3.63, 3.8) is 0 Å². The number of nitrogens with one attached hydrogen (secondary N) is 1. The van der Waals surface area contributed by atoms with E-state index in [1.54, 1.807) is 7.11 Å². The van der Waals surface area contributed by atoms with Gasteiger partial charge in [0.2, 0.25) is 5.91 Å². The van der Waals surface area contributed by atoms with E-state index in [0.717, 1.165) is 11.3 Å². The number of methoxy groups -OCH3 is 1. The summed E-state index contributed by atoms with van der Waals surface area (Å²) in [6.07, 6.45) is 0.575. The van der Waals surface area contributed by atoms with Gasteiger partial charge in [-0.3, -0.25) is 4.79 Å². The zero-order valence-electron chi connectivity index (χ0n) is 14.3. The summed E-state index contributed by atoms with van der Waals surface area (Å²) in [6, 6.07) is 7.56.